The van der Waals surface area contributed by atoms with Crippen LogP contribution in [-0.2, 0) is 37.1 Å². The smallest absolute Gasteiger partial charge is 0.317 e. The minimum Gasteiger partial charge on any atom is -0.507 e. The molecule has 0 radical (unpaired) electrons. The summed E-state index contributed by atoms with van der Waals surface area (Å²) in [6.07, 6.45) is 0. The van der Waals surface area contributed by atoms with E-state index in [1.165, 1.54) is 19.1 Å². The number of aliphatic carboxylic acids is 4. The topological polar surface area (TPSA) is 205 Å². The van der Waals surface area contributed by atoms with Gasteiger partial charge in [0.2, 0.25) is 5.91 Å². The Labute approximate surface area is 176 Å². The van der Waals surface area contributed by atoms with Crippen LogP contribution in [0.25, 0.3) is 0 Å². The molecule has 0 aliphatic rings. The summed E-state index contributed by atoms with van der Waals surface area (Å²) >= 11 is 0. The van der Waals surface area contributed by atoms with Crippen LogP contribution >= 0.6 is 0 Å². The Morgan fingerprint density at radius 2 is 1.06 bits per heavy atom. The third-order valence-corrected chi connectivity index (χ3v) is 3.81. The van der Waals surface area contributed by atoms with E-state index in [1.807, 2.05) is 0 Å². The van der Waals surface area contributed by atoms with E-state index in [-0.39, 0.29) is 29.9 Å². The van der Waals surface area contributed by atoms with Gasteiger partial charge in [0, 0.05) is 36.8 Å². The molecule has 0 fully saturated rings. The molecule has 0 saturated carbocycles. The zero-order valence-corrected chi connectivity index (χ0v) is 16.6. The summed E-state index contributed by atoms with van der Waals surface area (Å²) in [5.41, 5.74) is 0.301. The molecule has 13 heteroatoms. The van der Waals surface area contributed by atoms with Gasteiger partial charge >= 0.3 is 23.9 Å². The van der Waals surface area contributed by atoms with Crippen LogP contribution in [0, 0.1) is 0 Å². The second-order valence-electron chi connectivity index (χ2n) is 6.69. The zero-order chi connectivity index (χ0) is 23.7. The van der Waals surface area contributed by atoms with Gasteiger partial charge in [0.05, 0.1) is 26.2 Å². The number of hydrogen-bond donors (Lipinski definition) is 6. The molecule has 0 spiro atoms. The molecule has 0 aromatic heterocycles. The van der Waals surface area contributed by atoms with E-state index in [0.29, 0.717) is 0 Å². The number of amides is 1. The van der Waals surface area contributed by atoms with Crippen LogP contribution in [0.1, 0.15) is 18.1 Å². The SMILES string of the molecule is CC(=O)Nc1cc(CN(CC(=O)O)CC(=O)O)c(O)c(CN(CC(=O)O)CC(=O)O)c1. The Bertz CT molecular complexity index is 779. The minimum atomic E-state index is -1.30. The minimum absolute atomic E-state index is 0.0642. The first-order chi connectivity index (χ1) is 14.4. The molecule has 0 atom stereocenters. The zero-order valence-electron chi connectivity index (χ0n) is 16.6. The number of rotatable bonds is 13. The lowest BCUT2D eigenvalue weighted by Gasteiger charge is -2.23. The Morgan fingerprint density at radius 3 is 1.32 bits per heavy atom. The number of anilines is 1. The number of nitrogens with one attached hydrogen (secondary N) is 1. The number of phenols is 1. The molecule has 0 heterocycles. The standard InChI is InChI=1S/C18H23N3O10/c1-10(22)19-13-2-11(4-20(6-14(23)24)7-15(25)26)18(31)12(3-13)5-21(8-16(27)28)9-17(29)30/h2-3,31H,4-9H2,1H3,(H,19,22)(H,23,24)(H,25,26)(H,27,28)(H,29,30). The van der Waals surface area contributed by atoms with Gasteiger partial charge in [-0.3, -0.25) is 33.8 Å². The number of benzene rings is 1. The molecule has 1 aromatic rings. The molecule has 1 aromatic carbocycles. The van der Waals surface area contributed by atoms with Gasteiger partial charge in [0.25, 0.3) is 0 Å². The molecule has 31 heavy (non-hydrogen) atoms. The fourth-order valence-corrected chi connectivity index (χ4v) is 2.86. The Kier molecular flexibility index (Phi) is 9.37. The van der Waals surface area contributed by atoms with Gasteiger partial charge in [-0.15, -0.1) is 0 Å². The summed E-state index contributed by atoms with van der Waals surface area (Å²) in [6.45, 7) is -1.99. The molecular weight excluding hydrogens is 418 g/mol. The highest BCUT2D eigenvalue weighted by molar-refractivity contribution is 5.89. The number of phenolic OH excluding ortho intramolecular Hbond substituents is 1. The molecular formula is C18H23N3O10. The molecule has 170 valence electrons. The van der Waals surface area contributed by atoms with Crippen LogP contribution in [0.5, 0.6) is 5.75 Å². The predicted molar refractivity (Wildman–Crippen MR) is 104 cm³/mol. The van der Waals surface area contributed by atoms with E-state index < -0.39 is 61.7 Å². The van der Waals surface area contributed by atoms with Crippen molar-refractivity contribution in [3.63, 3.8) is 0 Å². The number of aromatic hydroxyl groups is 1. The number of carboxylic acids is 4. The highest BCUT2D eigenvalue weighted by atomic mass is 16.4. The second-order valence-corrected chi connectivity index (χ2v) is 6.69. The van der Waals surface area contributed by atoms with E-state index in [4.69, 9.17) is 20.4 Å². The van der Waals surface area contributed by atoms with Crippen LogP contribution in [0.15, 0.2) is 12.1 Å². The summed E-state index contributed by atoms with van der Waals surface area (Å²) in [5.74, 6) is -6.07. The van der Waals surface area contributed by atoms with Gasteiger partial charge < -0.3 is 30.8 Å². The van der Waals surface area contributed by atoms with Crippen LogP contribution in [-0.4, -0.2) is 91.3 Å². The molecule has 6 N–H and O–H groups in total. The number of carboxylic acid groups (broad SMARTS) is 4. The predicted octanol–water partition coefficient (Wildman–Crippen LogP) is -0.707. The quantitative estimate of drug-likeness (QED) is 0.210. The van der Waals surface area contributed by atoms with Crippen molar-refractivity contribution >= 4 is 35.5 Å². The number of nitrogens with zero attached hydrogens (tertiary/aromatic N) is 2. The third-order valence-electron chi connectivity index (χ3n) is 3.81. The Hall–Kier alpha value is -3.71. The summed E-state index contributed by atoms with van der Waals surface area (Å²) in [6, 6.07) is 2.63. The average Bonchev–Trinajstić information content (AvgIpc) is 2.55. The first kappa shape index (κ1) is 25.3. The summed E-state index contributed by atoms with van der Waals surface area (Å²) in [4.78, 5) is 57.6. The summed E-state index contributed by atoms with van der Waals surface area (Å²) < 4.78 is 0. The maximum Gasteiger partial charge on any atom is 0.317 e. The van der Waals surface area contributed by atoms with Crippen molar-refractivity contribution in [1.29, 1.82) is 0 Å². The number of carbonyl (C=O) groups excluding carboxylic acids is 1. The molecule has 1 rings (SSSR count). The highest BCUT2D eigenvalue weighted by Gasteiger charge is 2.21. The van der Waals surface area contributed by atoms with Gasteiger partial charge in [-0.25, -0.2) is 0 Å². The lowest BCUT2D eigenvalue weighted by Crippen LogP contribution is -2.35. The highest BCUT2D eigenvalue weighted by Crippen LogP contribution is 2.30. The van der Waals surface area contributed by atoms with Crippen molar-refractivity contribution < 1.29 is 49.5 Å². The molecule has 0 aliphatic heterocycles. The van der Waals surface area contributed by atoms with Crippen LogP contribution in [0.3, 0.4) is 0 Å². The molecule has 0 bridgehead atoms. The van der Waals surface area contributed by atoms with Crippen LogP contribution in [0.4, 0.5) is 5.69 Å². The van der Waals surface area contributed by atoms with Crippen LogP contribution in [0.2, 0.25) is 0 Å². The first-order valence-corrected chi connectivity index (χ1v) is 8.81. The van der Waals surface area contributed by atoms with E-state index in [9.17, 15) is 29.1 Å². The second kappa shape index (κ2) is 11.5. The van der Waals surface area contributed by atoms with Crippen molar-refractivity contribution in [1.82, 2.24) is 9.80 Å². The third kappa shape index (κ3) is 9.56. The maximum absolute atomic E-state index is 11.4. The average molecular weight is 441 g/mol. The molecule has 1 amide bonds. The van der Waals surface area contributed by atoms with Crippen LogP contribution < -0.4 is 5.32 Å². The lowest BCUT2D eigenvalue weighted by molar-refractivity contribution is -0.144. The largest absolute Gasteiger partial charge is 0.507 e. The van der Waals surface area contributed by atoms with E-state index in [2.05, 4.69) is 5.32 Å². The van der Waals surface area contributed by atoms with Crippen molar-refractivity contribution in [2.24, 2.45) is 0 Å². The van der Waals surface area contributed by atoms with E-state index >= 15 is 0 Å². The summed E-state index contributed by atoms with van der Waals surface area (Å²) in [7, 11) is 0. The Balaban J connectivity index is 3.35. The van der Waals surface area contributed by atoms with Gasteiger partial charge in [-0.1, -0.05) is 0 Å². The molecule has 0 aliphatic carbocycles. The van der Waals surface area contributed by atoms with E-state index in [1.54, 1.807) is 0 Å². The molecule has 0 saturated heterocycles. The maximum atomic E-state index is 11.4. The monoisotopic (exact) mass is 441 g/mol. The first-order valence-electron chi connectivity index (χ1n) is 8.81. The van der Waals surface area contributed by atoms with Crippen molar-refractivity contribution in [3.05, 3.63) is 23.3 Å². The fourth-order valence-electron chi connectivity index (χ4n) is 2.86. The van der Waals surface area contributed by atoms with E-state index in [0.717, 1.165) is 9.80 Å². The summed E-state index contributed by atoms with van der Waals surface area (Å²) in [5, 5.41) is 49.0. The number of carbonyl (C=O) groups is 5. The van der Waals surface area contributed by atoms with Gasteiger partial charge in [-0.2, -0.15) is 0 Å². The van der Waals surface area contributed by atoms with Gasteiger partial charge in [0.1, 0.15) is 5.75 Å². The molecule has 13 nitrogen and oxygen atoms in total. The van der Waals surface area contributed by atoms with Crippen molar-refractivity contribution in [2.45, 2.75) is 20.0 Å². The van der Waals surface area contributed by atoms with Crippen molar-refractivity contribution in [2.75, 3.05) is 31.5 Å². The van der Waals surface area contributed by atoms with Gasteiger partial charge in [-0.05, 0) is 12.1 Å². The molecule has 0 unspecified atom stereocenters. The van der Waals surface area contributed by atoms with Gasteiger partial charge in [0.15, 0.2) is 0 Å². The fraction of sp³-hybridized carbons (Fsp3) is 0.389. The number of hydrogen-bond acceptors (Lipinski definition) is 8. The lowest BCUT2D eigenvalue weighted by atomic mass is 10.1. The van der Waals surface area contributed by atoms with Crippen molar-refractivity contribution in [3.8, 4) is 5.75 Å². The Morgan fingerprint density at radius 1 is 0.742 bits per heavy atom. The normalized spacial score (nSPS) is 10.8.